The molecule has 3 saturated heterocycles. The van der Waals surface area contributed by atoms with Gasteiger partial charge < -0.3 is 74.0 Å². The van der Waals surface area contributed by atoms with Crippen molar-refractivity contribution >= 4 is 12.0 Å². The van der Waals surface area contributed by atoms with E-state index in [0.29, 0.717) is 18.4 Å². The fraction of sp³-hybridized carbons (Fsp3) is 0.649. The number of carbonyl (C=O) groups is 1. The van der Waals surface area contributed by atoms with Crippen LogP contribution in [0, 0.1) is 0 Å². The Kier molecular flexibility index (Phi) is 15.1. The fourth-order valence-electron chi connectivity index (χ4n) is 6.15. The van der Waals surface area contributed by atoms with Crippen LogP contribution in [-0.2, 0) is 38.0 Å². The summed E-state index contributed by atoms with van der Waals surface area (Å²) >= 11 is 0. The Morgan fingerprint density at radius 2 is 1.47 bits per heavy atom. The predicted octanol–water partition coefficient (Wildman–Crippen LogP) is 0.168. The summed E-state index contributed by atoms with van der Waals surface area (Å²) in [5.41, 5.74) is 0.451. The van der Waals surface area contributed by atoms with Crippen LogP contribution in [0.4, 0.5) is 0 Å². The molecule has 3 heterocycles. The van der Waals surface area contributed by atoms with Crippen molar-refractivity contribution < 1.29 is 78.8 Å². The van der Waals surface area contributed by atoms with Crippen LogP contribution < -0.4 is 0 Å². The number of phenols is 1. The minimum atomic E-state index is -1.78. The number of hydrogen-bond acceptors (Lipinski definition) is 16. The summed E-state index contributed by atoms with van der Waals surface area (Å²) in [6.45, 7) is 11.9. The van der Waals surface area contributed by atoms with Gasteiger partial charge in [0.25, 0.3) is 0 Å². The van der Waals surface area contributed by atoms with Crippen LogP contribution in [0.2, 0.25) is 0 Å². The van der Waals surface area contributed by atoms with E-state index in [0.717, 1.165) is 11.6 Å². The standard InChI is InChI=1S/C37H54O16/c1-7-37(6,16-10-11-18(2)3)53-36-30(45)28(43)26(41)23(50-36)17-47-34-31(46)33(52-35-29(44)27(42)25(40)19(4)48-35)32(20(5)49-34)51-24(39)15-14-21-12-8-9-13-22(21)38/h7-9,11-15,19-20,23,25-36,38,40-46H,1,10,16-17H2,2-6H3/b15-14+/t19-,20-,23+,25-,26+,27+,28-,29+,30+,31+,32-,33-,34+,35-,36-,37+/m0/s1. The van der Waals surface area contributed by atoms with Gasteiger partial charge >= 0.3 is 5.97 Å². The van der Waals surface area contributed by atoms with Crippen LogP contribution in [-0.4, -0.2) is 151 Å². The Morgan fingerprint density at radius 3 is 2.13 bits per heavy atom. The van der Waals surface area contributed by atoms with Crippen molar-refractivity contribution in [2.24, 2.45) is 0 Å². The average Bonchev–Trinajstić information content (AvgIpc) is 3.11. The van der Waals surface area contributed by atoms with Crippen molar-refractivity contribution in [1.29, 1.82) is 0 Å². The number of carbonyl (C=O) groups excluding carboxylic acids is 1. The van der Waals surface area contributed by atoms with E-state index in [-0.39, 0.29) is 5.75 Å². The van der Waals surface area contributed by atoms with Gasteiger partial charge in [-0.2, -0.15) is 0 Å². The third-order valence-corrected chi connectivity index (χ3v) is 9.54. The summed E-state index contributed by atoms with van der Waals surface area (Å²) < 4.78 is 40.8. The van der Waals surface area contributed by atoms with E-state index in [1.807, 2.05) is 19.9 Å². The van der Waals surface area contributed by atoms with Gasteiger partial charge in [0.2, 0.25) is 0 Å². The summed E-state index contributed by atoms with van der Waals surface area (Å²) in [4.78, 5) is 13.0. The second-order valence-electron chi connectivity index (χ2n) is 14.1. The molecule has 3 fully saturated rings. The summed E-state index contributed by atoms with van der Waals surface area (Å²) in [5.74, 6) is -0.991. The highest BCUT2D eigenvalue weighted by molar-refractivity contribution is 5.87. The molecule has 298 valence electrons. The number of aliphatic hydroxyl groups is 7. The van der Waals surface area contributed by atoms with E-state index >= 15 is 0 Å². The van der Waals surface area contributed by atoms with E-state index in [1.54, 1.807) is 31.2 Å². The molecule has 0 aliphatic carbocycles. The van der Waals surface area contributed by atoms with Crippen molar-refractivity contribution in [3.8, 4) is 5.75 Å². The molecule has 0 aromatic heterocycles. The summed E-state index contributed by atoms with van der Waals surface area (Å²) in [6, 6.07) is 6.26. The molecule has 1 aromatic carbocycles. The quantitative estimate of drug-likeness (QED) is 0.0717. The van der Waals surface area contributed by atoms with Crippen molar-refractivity contribution in [3.63, 3.8) is 0 Å². The molecular weight excluding hydrogens is 700 g/mol. The second kappa shape index (κ2) is 18.7. The Bertz CT molecular complexity index is 1420. The zero-order chi connectivity index (χ0) is 39.2. The topological polar surface area (TPSA) is 244 Å². The van der Waals surface area contributed by atoms with Crippen molar-refractivity contribution in [2.45, 2.75) is 145 Å². The van der Waals surface area contributed by atoms with Crippen molar-refractivity contribution in [3.05, 3.63) is 60.2 Å². The van der Waals surface area contributed by atoms with Crippen LogP contribution in [0.3, 0.4) is 0 Å². The molecule has 4 rings (SSSR count). The minimum Gasteiger partial charge on any atom is -0.507 e. The monoisotopic (exact) mass is 754 g/mol. The lowest BCUT2D eigenvalue weighted by Gasteiger charge is -2.47. The Labute approximate surface area is 308 Å². The normalized spacial score (nSPS) is 38.9. The van der Waals surface area contributed by atoms with Gasteiger partial charge in [-0.15, -0.1) is 6.58 Å². The van der Waals surface area contributed by atoms with Gasteiger partial charge in [-0.25, -0.2) is 4.79 Å². The summed E-state index contributed by atoms with van der Waals surface area (Å²) in [7, 11) is 0. The molecule has 3 aliphatic rings. The maximum Gasteiger partial charge on any atom is 0.331 e. The van der Waals surface area contributed by atoms with Gasteiger partial charge in [0.1, 0.15) is 60.7 Å². The smallest absolute Gasteiger partial charge is 0.331 e. The zero-order valence-electron chi connectivity index (χ0n) is 30.5. The molecule has 0 unspecified atom stereocenters. The minimum absolute atomic E-state index is 0.0815. The Hall–Kier alpha value is -2.81. The molecule has 0 saturated carbocycles. The van der Waals surface area contributed by atoms with Crippen LogP contribution in [0.25, 0.3) is 6.08 Å². The average molecular weight is 755 g/mol. The highest BCUT2D eigenvalue weighted by Gasteiger charge is 2.52. The Morgan fingerprint density at radius 1 is 0.830 bits per heavy atom. The molecule has 0 bridgehead atoms. The van der Waals surface area contributed by atoms with Crippen molar-refractivity contribution in [1.82, 2.24) is 0 Å². The number of phenolic OH excluding ortho intramolecular Hbond substituents is 1. The molecule has 0 spiro atoms. The number of ether oxygens (including phenoxy) is 7. The molecule has 16 heteroatoms. The largest absolute Gasteiger partial charge is 0.507 e. The van der Waals surface area contributed by atoms with E-state index < -0.39 is 110 Å². The van der Waals surface area contributed by atoms with E-state index in [1.165, 1.54) is 26.0 Å². The SMILES string of the molecule is C=C[C@](C)(CCC=C(C)C)O[C@@H]1O[C@H](CO[C@@H]2O[C@@H](C)[C@H](OC(=O)/C=C/c3ccccc3O)[C@@H](O[C@@H]3O[C@@H](C)[C@H](O)[C@@H](O)[C@H]3O)[C@H]2O)[C@@H](O)[C@H](O)[C@H]1O. The number of aliphatic hydroxyl groups excluding tert-OH is 7. The molecule has 0 amide bonds. The molecule has 53 heavy (non-hydrogen) atoms. The van der Waals surface area contributed by atoms with Gasteiger partial charge in [0.05, 0.1) is 24.4 Å². The number of aromatic hydroxyl groups is 1. The van der Waals surface area contributed by atoms with E-state index in [9.17, 15) is 45.6 Å². The highest BCUT2D eigenvalue weighted by atomic mass is 16.8. The lowest BCUT2D eigenvalue weighted by Crippen LogP contribution is -2.64. The third-order valence-electron chi connectivity index (χ3n) is 9.54. The van der Waals surface area contributed by atoms with Crippen LogP contribution in [0.1, 0.15) is 53.0 Å². The number of allylic oxidation sites excluding steroid dienone is 2. The lowest BCUT2D eigenvalue weighted by atomic mass is 9.96. The maximum atomic E-state index is 13.0. The molecule has 3 aliphatic heterocycles. The molecule has 0 radical (unpaired) electrons. The summed E-state index contributed by atoms with van der Waals surface area (Å²) in [5, 5.41) is 85.0. The number of para-hydroxylation sites is 1. The second-order valence-corrected chi connectivity index (χ2v) is 14.1. The van der Waals surface area contributed by atoms with Crippen LogP contribution >= 0.6 is 0 Å². The first-order valence-corrected chi connectivity index (χ1v) is 17.6. The highest BCUT2D eigenvalue weighted by Crippen LogP contribution is 2.33. The van der Waals surface area contributed by atoms with Crippen molar-refractivity contribution in [2.75, 3.05) is 6.61 Å². The van der Waals surface area contributed by atoms with Gasteiger partial charge in [0.15, 0.2) is 25.0 Å². The molecule has 16 atom stereocenters. The van der Waals surface area contributed by atoms with Gasteiger partial charge in [-0.3, -0.25) is 0 Å². The molecular formula is C37H54O16. The molecule has 1 aromatic rings. The number of benzene rings is 1. The predicted molar refractivity (Wildman–Crippen MR) is 186 cm³/mol. The number of esters is 1. The first-order valence-electron chi connectivity index (χ1n) is 17.6. The maximum absolute atomic E-state index is 13.0. The first-order chi connectivity index (χ1) is 25.0. The van der Waals surface area contributed by atoms with E-state index in [4.69, 9.17) is 33.2 Å². The summed E-state index contributed by atoms with van der Waals surface area (Å²) in [6.07, 6.45) is -15.5. The Balaban J connectivity index is 1.50. The lowest BCUT2D eigenvalue weighted by molar-refractivity contribution is -0.362. The van der Waals surface area contributed by atoms with Gasteiger partial charge in [-0.1, -0.05) is 35.9 Å². The van der Waals surface area contributed by atoms with E-state index in [2.05, 4.69) is 6.58 Å². The first kappa shape index (κ1) is 42.9. The van der Waals surface area contributed by atoms with Crippen LogP contribution in [0.5, 0.6) is 5.75 Å². The fourth-order valence-corrected chi connectivity index (χ4v) is 6.15. The molecule has 16 nitrogen and oxygen atoms in total. The van der Waals surface area contributed by atoms with Gasteiger partial charge in [-0.05, 0) is 59.6 Å². The number of hydrogen-bond donors (Lipinski definition) is 8. The van der Waals surface area contributed by atoms with Gasteiger partial charge in [0, 0.05) is 11.6 Å². The zero-order valence-corrected chi connectivity index (χ0v) is 30.5. The van der Waals surface area contributed by atoms with Crippen LogP contribution in [0.15, 0.2) is 54.6 Å². The number of rotatable bonds is 14. The third kappa shape index (κ3) is 10.7. The molecule has 8 N–H and O–H groups in total.